The molecule has 6 heteroatoms. The number of nitrogens with zero attached hydrogens (tertiary/aromatic N) is 3. The smallest absolute Gasteiger partial charge is 0.274 e. The molecular weight excluding hydrogens is 256 g/mol. The van der Waals surface area contributed by atoms with E-state index in [0.717, 1.165) is 0 Å². The van der Waals surface area contributed by atoms with Gasteiger partial charge >= 0.3 is 0 Å². The van der Waals surface area contributed by atoms with E-state index in [4.69, 9.17) is 5.73 Å². The Hall–Kier alpha value is -2.50. The fourth-order valence-corrected chi connectivity index (χ4v) is 2.11. The molecule has 1 amide bonds. The van der Waals surface area contributed by atoms with Crippen molar-refractivity contribution in [3.8, 4) is 5.75 Å². The first kappa shape index (κ1) is 13.9. The Morgan fingerprint density at radius 2 is 2.10 bits per heavy atom. The first-order valence-corrected chi connectivity index (χ1v) is 6.26. The summed E-state index contributed by atoms with van der Waals surface area (Å²) < 4.78 is 1.45. The quantitative estimate of drug-likeness (QED) is 0.889. The normalized spacial score (nSPS) is 12.2. The Kier molecular flexibility index (Phi) is 3.65. The van der Waals surface area contributed by atoms with E-state index in [-0.39, 0.29) is 17.7 Å². The number of rotatable bonds is 3. The first-order valence-electron chi connectivity index (χ1n) is 6.26. The van der Waals surface area contributed by atoms with Crippen molar-refractivity contribution >= 4 is 11.6 Å². The molecule has 0 bridgehead atoms. The minimum absolute atomic E-state index is 0.164. The molecular formula is C14H18N4O2. The van der Waals surface area contributed by atoms with Crippen LogP contribution in [-0.2, 0) is 7.05 Å². The van der Waals surface area contributed by atoms with Crippen molar-refractivity contribution in [3.63, 3.8) is 0 Å². The molecule has 2 rings (SSSR count). The minimum Gasteiger partial charge on any atom is -0.508 e. The predicted molar refractivity (Wildman–Crippen MR) is 76.2 cm³/mol. The monoisotopic (exact) mass is 274 g/mol. The third-order valence-corrected chi connectivity index (χ3v) is 3.46. The highest BCUT2D eigenvalue weighted by Crippen LogP contribution is 2.28. The van der Waals surface area contributed by atoms with E-state index < -0.39 is 0 Å². The van der Waals surface area contributed by atoms with Crippen molar-refractivity contribution in [2.45, 2.75) is 13.0 Å². The van der Waals surface area contributed by atoms with Crippen LogP contribution in [0.25, 0.3) is 0 Å². The molecule has 0 saturated carbocycles. The summed E-state index contributed by atoms with van der Waals surface area (Å²) in [7, 11) is 3.34. The molecule has 1 heterocycles. The molecule has 0 aliphatic rings. The molecule has 3 N–H and O–H groups in total. The average molecular weight is 274 g/mol. The average Bonchev–Trinajstić information content (AvgIpc) is 2.76. The van der Waals surface area contributed by atoms with E-state index in [9.17, 15) is 9.90 Å². The molecule has 0 fully saturated rings. The zero-order chi connectivity index (χ0) is 14.9. The number of nitrogen functional groups attached to an aromatic ring is 1. The second-order valence-electron chi connectivity index (χ2n) is 4.72. The summed E-state index contributed by atoms with van der Waals surface area (Å²) in [4.78, 5) is 14.0. The SMILES string of the molecule is CC(c1ccccc1O)N(C)C(=O)c1c(N)cnn1C. The number of hydrogen-bond acceptors (Lipinski definition) is 4. The molecule has 106 valence electrons. The third-order valence-electron chi connectivity index (χ3n) is 3.46. The van der Waals surface area contributed by atoms with Crippen LogP contribution in [0.4, 0.5) is 5.69 Å². The summed E-state index contributed by atoms with van der Waals surface area (Å²) in [6.07, 6.45) is 1.45. The highest BCUT2D eigenvalue weighted by molar-refractivity contribution is 5.97. The Morgan fingerprint density at radius 3 is 2.65 bits per heavy atom. The van der Waals surface area contributed by atoms with Gasteiger partial charge in [-0.25, -0.2) is 0 Å². The van der Waals surface area contributed by atoms with Gasteiger partial charge in [-0.05, 0) is 13.0 Å². The summed E-state index contributed by atoms with van der Waals surface area (Å²) in [5.74, 6) is -0.0733. The van der Waals surface area contributed by atoms with Gasteiger partial charge < -0.3 is 15.7 Å². The van der Waals surface area contributed by atoms with Crippen molar-refractivity contribution < 1.29 is 9.90 Å². The lowest BCUT2D eigenvalue weighted by Crippen LogP contribution is -2.31. The van der Waals surface area contributed by atoms with Crippen LogP contribution in [0.2, 0.25) is 0 Å². The molecule has 1 aromatic heterocycles. The zero-order valence-corrected chi connectivity index (χ0v) is 11.7. The Bertz CT molecular complexity index is 616. The number of aromatic nitrogens is 2. The fourth-order valence-electron chi connectivity index (χ4n) is 2.11. The maximum Gasteiger partial charge on any atom is 0.274 e. The van der Waals surface area contributed by atoms with Crippen molar-refractivity contribution in [1.29, 1.82) is 0 Å². The molecule has 1 unspecified atom stereocenters. The van der Waals surface area contributed by atoms with Crippen molar-refractivity contribution in [2.24, 2.45) is 7.05 Å². The van der Waals surface area contributed by atoms with Crippen LogP contribution >= 0.6 is 0 Å². The largest absolute Gasteiger partial charge is 0.508 e. The van der Waals surface area contributed by atoms with Gasteiger partial charge in [-0.1, -0.05) is 18.2 Å². The van der Waals surface area contributed by atoms with E-state index in [1.165, 1.54) is 15.8 Å². The van der Waals surface area contributed by atoms with Gasteiger partial charge in [0.1, 0.15) is 11.4 Å². The lowest BCUT2D eigenvalue weighted by Gasteiger charge is -2.26. The lowest BCUT2D eigenvalue weighted by molar-refractivity contribution is 0.0731. The summed E-state index contributed by atoms with van der Waals surface area (Å²) in [5.41, 5.74) is 7.14. The number of nitrogens with two attached hydrogens (primary N) is 1. The third kappa shape index (κ3) is 2.32. The van der Waals surface area contributed by atoms with E-state index in [1.54, 1.807) is 32.3 Å². The highest BCUT2D eigenvalue weighted by atomic mass is 16.3. The molecule has 2 aromatic rings. The fraction of sp³-hybridized carbons (Fsp3) is 0.286. The van der Waals surface area contributed by atoms with Crippen molar-refractivity contribution in [1.82, 2.24) is 14.7 Å². The van der Waals surface area contributed by atoms with Gasteiger partial charge in [0.05, 0.1) is 17.9 Å². The van der Waals surface area contributed by atoms with Crippen LogP contribution in [-0.4, -0.2) is 32.7 Å². The summed E-state index contributed by atoms with van der Waals surface area (Å²) in [5, 5.41) is 13.8. The molecule has 6 nitrogen and oxygen atoms in total. The van der Waals surface area contributed by atoms with Gasteiger partial charge in [-0.2, -0.15) is 5.10 Å². The Morgan fingerprint density at radius 1 is 1.45 bits per heavy atom. The van der Waals surface area contributed by atoms with Crippen LogP contribution in [0.15, 0.2) is 30.5 Å². The van der Waals surface area contributed by atoms with E-state index in [0.29, 0.717) is 16.9 Å². The molecule has 1 atom stereocenters. The number of phenolic OH excluding ortho intramolecular Hbond substituents is 1. The lowest BCUT2D eigenvalue weighted by atomic mass is 10.1. The number of carbonyl (C=O) groups excluding carboxylic acids is 1. The van der Waals surface area contributed by atoms with E-state index in [2.05, 4.69) is 5.10 Å². The van der Waals surface area contributed by atoms with Crippen molar-refractivity contribution in [2.75, 3.05) is 12.8 Å². The van der Waals surface area contributed by atoms with Crippen molar-refractivity contribution in [3.05, 3.63) is 41.7 Å². The number of carbonyl (C=O) groups is 1. The zero-order valence-electron chi connectivity index (χ0n) is 11.7. The van der Waals surface area contributed by atoms with E-state index >= 15 is 0 Å². The molecule has 0 saturated heterocycles. The standard InChI is InChI=1S/C14H18N4O2/c1-9(10-6-4-5-7-12(10)19)17(2)14(20)13-11(15)8-16-18(13)3/h4-9,19H,15H2,1-3H3. The molecule has 0 radical (unpaired) electrons. The number of amides is 1. The molecule has 1 aromatic carbocycles. The van der Waals surface area contributed by atoms with Gasteiger partial charge in [-0.3, -0.25) is 9.48 Å². The maximum absolute atomic E-state index is 12.5. The van der Waals surface area contributed by atoms with Crippen LogP contribution in [0.3, 0.4) is 0 Å². The second kappa shape index (κ2) is 5.24. The topological polar surface area (TPSA) is 84.4 Å². The second-order valence-corrected chi connectivity index (χ2v) is 4.72. The number of benzene rings is 1. The first-order chi connectivity index (χ1) is 9.43. The number of aromatic hydroxyl groups is 1. The van der Waals surface area contributed by atoms with Gasteiger partial charge in [0, 0.05) is 19.7 Å². The van der Waals surface area contributed by atoms with Crippen LogP contribution in [0.5, 0.6) is 5.75 Å². The number of phenols is 1. The van der Waals surface area contributed by atoms with Gasteiger partial charge in [0.2, 0.25) is 0 Å². The Labute approximate surface area is 117 Å². The maximum atomic E-state index is 12.5. The van der Waals surface area contributed by atoms with Crippen LogP contribution in [0, 0.1) is 0 Å². The van der Waals surface area contributed by atoms with Gasteiger partial charge in [0.25, 0.3) is 5.91 Å². The van der Waals surface area contributed by atoms with Gasteiger partial charge in [-0.15, -0.1) is 0 Å². The number of anilines is 1. The van der Waals surface area contributed by atoms with Crippen LogP contribution in [0.1, 0.15) is 29.0 Å². The molecule has 0 spiro atoms. The molecule has 20 heavy (non-hydrogen) atoms. The minimum atomic E-state index is -0.280. The number of aryl methyl sites for hydroxylation is 1. The summed E-state index contributed by atoms with van der Waals surface area (Å²) in [6, 6.07) is 6.67. The summed E-state index contributed by atoms with van der Waals surface area (Å²) >= 11 is 0. The predicted octanol–water partition coefficient (Wildman–Crippen LogP) is 1.54. The van der Waals surface area contributed by atoms with Gasteiger partial charge in [0.15, 0.2) is 0 Å². The number of hydrogen-bond donors (Lipinski definition) is 2. The molecule has 0 aliphatic carbocycles. The van der Waals surface area contributed by atoms with E-state index in [1.807, 2.05) is 13.0 Å². The number of para-hydroxylation sites is 1. The highest BCUT2D eigenvalue weighted by Gasteiger charge is 2.24. The molecule has 0 aliphatic heterocycles. The Balaban J connectivity index is 2.30. The van der Waals surface area contributed by atoms with Crippen LogP contribution < -0.4 is 5.73 Å². The summed E-state index contributed by atoms with van der Waals surface area (Å²) in [6.45, 7) is 1.85.